The highest BCUT2D eigenvalue weighted by Crippen LogP contribution is 2.50. The topological polar surface area (TPSA) is 85.2 Å². The molecule has 0 fully saturated rings. The standard InChI is InChI=1S/C31H54O6/c1-5-9-11-13-15-17-19-21-23-25-26(24-22-20-18-16-14-12-10-6-2)28(35-7-3)30(36-8-4)29(27(25)32)37-31(33)34/h32H,5-24H2,1-4H3,(H,33,34). The lowest BCUT2D eigenvalue weighted by atomic mass is 9.93. The molecule has 0 saturated carbocycles. The first-order valence-corrected chi connectivity index (χ1v) is 15.1. The Morgan fingerprint density at radius 1 is 0.568 bits per heavy atom. The normalized spacial score (nSPS) is 11.0. The van der Waals surface area contributed by atoms with Gasteiger partial charge in [0.25, 0.3) is 0 Å². The molecule has 0 spiro atoms. The van der Waals surface area contributed by atoms with Crippen molar-refractivity contribution in [3.05, 3.63) is 11.1 Å². The van der Waals surface area contributed by atoms with Crippen LogP contribution in [0.2, 0.25) is 0 Å². The molecule has 1 rings (SSSR count). The minimum Gasteiger partial charge on any atom is -0.504 e. The van der Waals surface area contributed by atoms with Gasteiger partial charge in [0, 0.05) is 11.1 Å². The zero-order chi connectivity index (χ0) is 27.3. The predicted octanol–water partition coefficient (Wildman–Crippen LogP) is 9.61. The highest BCUT2D eigenvalue weighted by Gasteiger charge is 2.28. The fourth-order valence-electron chi connectivity index (χ4n) is 4.92. The average molecular weight is 523 g/mol. The molecule has 1 aromatic rings. The molecule has 0 amide bonds. The Bertz CT molecular complexity index is 746. The Morgan fingerprint density at radius 2 is 0.973 bits per heavy atom. The zero-order valence-corrected chi connectivity index (χ0v) is 24.2. The summed E-state index contributed by atoms with van der Waals surface area (Å²) in [5.74, 6) is 0.452. The van der Waals surface area contributed by atoms with Crippen LogP contribution in [0.15, 0.2) is 0 Å². The second-order valence-electron chi connectivity index (χ2n) is 9.98. The van der Waals surface area contributed by atoms with E-state index >= 15 is 0 Å². The van der Waals surface area contributed by atoms with Gasteiger partial charge in [-0.25, -0.2) is 4.79 Å². The van der Waals surface area contributed by atoms with E-state index in [9.17, 15) is 15.0 Å². The Morgan fingerprint density at radius 3 is 1.41 bits per heavy atom. The first-order valence-electron chi connectivity index (χ1n) is 15.1. The minimum absolute atomic E-state index is 0.119. The molecule has 6 nitrogen and oxygen atoms in total. The van der Waals surface area contributed by atoms with Crippen LogP contribution in [0.4, 0.5) is 4.79 Å². The lowest BCUT2D eigenvalue weighted by Crippen LogP contribution is -2.11. The number of unbranched alkanes of at least 4 members (excludes halogenated alkanes) is 14. The maximum atomic E-state index is 11.5. The number of phenolic OH excluding ortho intramolecular Hbond substituents is 1. The first kappa shape index (κ1) is 32.9. The van der Waals surface area contributed by atoms with Gasteiger partial charge in [-0.05, 0) is 39.5 Å². The summed E-state index contributed by atoms with van der Waals surface area (Å²) in [5, 5.41) is 20.6. The van der Waals surface area contributed by atoms with Crippen LogP contribution in [0.1, 0.15) is 142 Å². The van der Waals surface area contributed by atoms with E-state index in [4.69, 9.17) is 14.2 Å². The zero-order valence-electron chi connectivity index (χ0n) is 24.2. The first-order chi connectivity index (χ1) is 18.0. The largest absolute Gasteiger partial charge is 0.511 e. The van der Waals surface area contributed by atoms with Crippen molar-refractivity contribution in [1.29, 1.82) is 0 Å². The van der Waals surface area contributed by atoms with Crippen molar-refractivity contribution in [1.82, 2.24) is 0 Å². The third-order valence-electron chi connectivity index (χ3n) is 6.88. The number of hydrogen-bond donors (Lipinski definition) is 2. The summed E-state index contributed by atoms with van der Waals surface area (Å²) in [6.07, 6.45) is 19.2. The van der Waals surface area contributed by atoms with Gasteiger partial charge in [0.1, 0.15) is 0 Å². The molecule has 0 unspecified atom stereocenters. The molecule has 37 heavy (non-hydrogen) atoms. The van der Waals surface area contributed by atoms with Crippen LogP contribution in [-0.4, -0.2) is 29.6 Å². The molecule has 214 valence electrons. The van der Waals surface area contributed by atoms with Crippen LogP contribution in [0.5, 0.6) is 23.0 Å². The number of carboxylic acid groups (broad SMARTS) is 1. The summed E-state index contributed by atoms with van der Waals surface area (Å²) in [5.41, 5.74) is 1.69. The van der Waals surface area contributed by atoms with Gasteiger partial charge < -0.3 is 24.4 Å². The molecular formula is C31H54O6. The van der Waals surface area contributed by atoms with Gasteiger partial charge in [0.15, 0.2) is 11.5 Å². The number of carbonyl (C=O) groups is 1. The van der Waals surface area contributed by atoms with Crippen LogP contribution in [-0.2, 0) is 12.8 Å². The Balaban J connectivity index is 3.07. The number of aromatic hydroxyl groups is 1. The van der Waals surface area contributed by atoms with E-state index in [0.29, 0.717) is 25.4 Å². The van der Waals surface area contributed by atoms with Gasteiger partial charge in [0.05, 0.1) is 13.2 Å². The van der Waals surface area contributed by atoms with Gasteiger partial charge in [0.2, 0.25) is 11.5 Å². The predicted molar refractivity (Wildman–Crippen MR) is 152 cm³/mol. The van der Waals surface area contributed by atoms with Crippen molar-refractivity contribution >= 4 is 6.16 Å². The summed E-state index contributed by atoms with van der Waals surface area (Å²) in [6, 6.07) is 0. The van der Waals surface area contributed by atoms with Gasteiger partial charge in [-0.3, -0.25) is 0 Å². The summed E-state index contributed by atoms with van der Waals surface area (Å²) in [7, 11) is 0. The van der Waals surface area contributed by atoms with Crippen molar-refractivity contribution < 1.29 is 29.2 Å². The molecule has 1 aromatic carbocycles. The van der Waals surface area contributed by atoms with E-state index in [0.717, 1.165) is 43.2 Å². The fourth-order valence-corrected chi connectivity index (χ4v) is 4.92. The van der Waals surface area contributed by atoms with Crippen LogP contribution < -0.4 is 14.2 Å². The fraction of sp³-hybridized carbons (Fsp3) is 0.774. The van der Waals surface area contributed by atoms with E-state index in [-0.39, 0.29) is 17.2 Å². The van der Waals surface area contributed by atoms with E-state index < -0.39 is 6.16 Å². The van der Waals surface area contributed by atoms with E-state index in [1.54, 1.807) is 0 Å². The molecule has 0 heterocycles. The van der Waals surface area contributed by atoms with E-state index in [2.05, 4.69) is 13.8 Å². The molecular weight excluding hydrogens is 468 g/mol. The molecule has 6 heteroatoms. The van der Waals surface area contributed by atoms with E-state index in [1.165, 1.54) is 77.0 Å². The second-order valence-corrected chi connectivity index (χ2v) is 9.98. The highest BCUT2D eigenvalue weighted by molar-refractivity contribution is 5.72. The number of benzene rings is 1. The van der Waals surface area contributed by atoms with Gasteiger partial charge >= 0.3 is 6.16 Å². The van der Waals surface area contributed by atoms with Gasteiger partial charge in [-0.15, -0.1) is 0 Å². The molecule has 0 aliphatic carbocycles. The number of ether oxygens (including phenoxy) is 3. The molecule has 0 aliphatic rings. The Hall–Kier alpha value is -2.11. The second kappa shape index (κ2) is 20.9. The van der Waals surface area contributed by atoms with Crippen molar-refractivity contribution in [2.75, 3.05) is 13.2 Å². The van der Waals surface area contributed by atoms with Crippen molar-refractivity contribution in [3.8, 4) is 23.0 Å². The van der Waals surface area contributed by atoms with Crippen molar-refractivity contribution in [2.45, 2.75) is 143 Å². The third kappa shape index (κ3) is 12.8. The molecule has 0 aliphatic heterocycles. The lowest BCUT2D eigenvalue weighted by Gasteiger charge is -2.23. The smallest absolute Gasteiger partial charge is 0.504 e. The Kier molecular flexibility index (Phi) is 18.6. The molecule has 2 N–H and O–H groups in total. The summed E-state index contributed by atoms with van der Waals surface area (Å²) in [6.45, 7) is 8.92. The highest BCUT2D eigenvalue weighted by atomic mass is 16.7. The SMILES string of the molecule is CCCCCCCCCCc1c(O)c(OC(=O)O)c(OCC)c(OCC)c1CCCCCCCCCC. The van der Waals surface area contributed by atoms with Crippen molar-refractivity contribution in [3.63, 3.8) is 0 Å². The quantitative estimate of drug-likeness (QED) is 0.0845. The van der Waals surface area contributed by atoms with Gasteiger partial charge in [-0.1, -0.05) is 104 Å². The maximum Gasteiger partial charge on any atom is 0.511 e. The van der Waals surface area contributed by atoms with Crippen LogP contribution in [0.25, 0.3) is 0 Å². The average Bonchev–Trinajstić information content (AvgIpc) is 2.87. The van der Waals surface area contributed by atoms with Crippen molar-refractivity contribution in [2.24, 2.45) is 0 Å². The molecule has 0 bridgehead atoms. The Labute approximate surface area is 226 Å². The van der Waals surface area contributed by atoms with Crippen LogP contribution in [0, 0.1) is 0 Å². The summed E-state index contributed by atoms with van der Waals surface area (Å²) < 4.78 is 16.9. The summed E-state index contributed by atoms with van der Waals surface area (Å²) in [4.78, 5) is 11.5. The molecule has 0 saturated heterocycles. The maximum absolute atomic E-state index is 11.5. The number of hydrogen-bond acceptors (Lipinski definition) is 5. The molecule has 0 atom stereocenters. The van der Waals surface area contributed by atoms with E-state index in [1.807, 2.05) is 13.8 Å². The van der Waals surface area contributed by atoms with Crippen LogP contribution >= 0.6 is 0 Å². The third-order valence-corrected chi connectivity index (χ3v) is 6.88. The summed E-state index contributed by atoms with van der Waals surface area (Å²) >= 11 is 0. The minimum atomic E-state index is -1.48. The molecule has 0 radical (unpaired) electrons. The lowest BCUT2D eigenvalue weighted by molar-refractivity contribution is 0.139. The van der Waals surface area contributed by atoms with Crippen LogP contribution in [0.3, 0.4) is 0 Å². The monoisotopic (exact) mass is 522 g/mol. The molecule has 0 aromatic heterocycles. The number of rotatable bonds is 23. The van der Waals surface area contributed by atoms with Gasteiger partial charge in [-0.2, -0.15) is 0 Å². The number of phenols is 1.